The van der Waals surface area contributed by atoms with E-state index in [0.29, 0.717) is 5.69 Å². The number of hydrogen-bond donors (Lipinski definition) is 3. The number of nitrogens with one attached hydrogen (secondary N) is 1. The van der Waals surface area contributed by atoms with Crippen molar-refractivity contribution in [3.8, 4) is 0 Å². The molecule has 0 saturated heterocycles. The van der Waals surface area contributed by atoms with Gasteiger partial charge in [0.15, 0.2) is 6.10 Å². The lowest BCUT2D eigenvalue weighted by Gasteiger charge is -2.26. The van der Waals surface area contributed by atoms with Crippen molar-refractivity contribution in [1.82, 2.24) is 4.98 Å². The van der Waals surface area contributed by atoms with Gasteiger partial charge in [0.2, 0.25) is 0 Å². The Morgan fingerprint density at radius 1 is 1.62 bits per heavy atom. The van der Waals surface area contributed by atoms with Crippen molar-refractivity contribution in [1.29, 1.82) is 0 Å². The molecule has 0 bridgehead atoms. The third-order valence-corrected chi connectivity index (χ3v) is 2.21. The van der Waals surface area contributed by atoms with Crippen LogP contribution < -0.4 is 0 Å². The summed E-state index contributed by atoms with van der Waals surface area (Å²) in [5.74, 6) is -1.21. The zero-order valence-corrected chi connectivity index (χ0v) is 7.61. The number of carboxylic acids is 1. The molecule has 3 N–H and O–H groups in total. The Bertz CT molecular complexity index is 290. The van der Waals surface area contributed by atoms with Crippen LogP contribution in [0.25, 0.3) is 0 Å². The molecule has 4 heteroatoms. The lowest BCUT2D eigenvalue weighted by atomic mass is 9.83. The summed E-state index contributed by atoms with van der Waals surface area (Å²) in [6, 6.07) is 3.53. The highest BCUT2D eigenvalue weighted by Crippen LogP contribution is 2.25. The summed E-state index contributed by atoms with van der Waals surface area (Å²) in [5.41, 5.74) is -0.0857. The number of rotatable bonds is 3. The molecule has 0 radical (unpaired) electrons. The number of carbonyl (C=O) groups is 1. The van der Waals surface area contributed by atoms with Gasteiger partial charge in [0.05, 0.1) is 0 Å². The molecule has 0 amide bonds. The van der Waals surface area contributed by atoms with Crippen LogP contribution in [0.3, 0.4) is 0 Å². The van der Waals surface area contributed by atoms with Crippen LogP contribution in [0.1, 0.15) is 19.5 Å². The molecule has 1 heterocycles. The Balaban J connectivity index is 2.95. The van der Waals surface area contributed by atoms with Gasteiger partial charge in [0.25, 0.3) is 0 Å². The highest BCUT2D eigenvalue weighted by atomic mass is 16.4. The van der Waals surface area contributed by atoms with E-state index in [2.05, 4.69) is 4.98 Å². The molecular weight excluding hydrogens is 170 g/mol. The highest BCUT2D eigenvalue weighted by molar-refractivity contribution is 5.74. The number of aromatic nitrogens is 1. The van der Waals surface area contributed by atoms with Crippen LogP contribution in [0.5, 0.6) is 0 Å². The molecule has 1 aromatic heterocycles. The number of aliphatic hydroxyl groups excluding tert-OH is 1. The summed E-state index contributed by atoms with van der Waals surface area (Å²) in [4.78, 5) is 13.5. The number of carboxylic acid groups (broad SMARTS) is 1. The molecule has 0 spiro atoms. The Morgan fingerprint density at radius 3 is 2.62 bits per heavy atom. The van der Waals surface area contributed by atoms with Crippen LogP contribution >= 0.6 is 0 Å². The van der Waals surface area contributed by atoms with Gasteiger partial charge in [-0.3, -0.25) is 0 Å². The second-order valence-electron chi connectivity index (χ2n) is 3.55. The zero-order valence-electron chi connectivity index (χ0n) is 7.61. The van der Waals surface area contributed by atoms with Gasteiger partial charge in [-0.1, -0.05) is 13.8 Å². The first kappa shape index (κ1) is 9.80. The molecule has 72 valence electrons. The van der Waals surface area contributed by atoms with Gasteiger partial charge in [0, 0.05) is 17.3 Å². The summed E-state index contributed by atoms with van der Waals surface area (Å²) < 4.78 is 0. The van der Waals surface area contributed by atoms with Crippen LogP contribution in [-0.2, 0) is 10.2 Å². The smallest absolute Gasteiger partial charge is 0.333 e. The molecule has 0 fully saturated rings. The van der Waals surface area contributed by atoms with Crippen LogP contribution in [0.2, 0.25) is 0 Å². The van der Waals surface area contributed by atoms with E-state index in [9.17, 15) is 9.90 Å². The fourth-order valence-electron chi connectivity index (χ4n) is 1.19. The Labute approximate surface area is 76.2 Å². The summed E-state index contributed by atoms with van der Waals surface area (Å²) in [7, 11) is 0. The van der Waals surface area contributed by atoms with Gasteiger partial charge in [0.1, 0.15) is 0 Å². The average Bonchev–Trinajstić information content (AvgIpc) is 2.54. The highest BCUT2D eigenvalue weighted by Gasteiger charge is 2.35. The number of aliphatic carboxylic acids is 1. The van der Waals surface area contributed by atoms with E-state index in [1.807, 2.05) is 0 Å². The minimum Gasteiger partial charge on any atom is -0.479 e. The molecule has 0 aromatic carbocycles. The number of hydrogen-bond acceptors (Lipinski definition) is 2. The van der Waals surface area contributed by atoms with Crippen molar-refractivity contribution in [3.05, 3.63) is 24.0 Å². The first-order valence-electron chi connectivity index (χ1n) is 4.01. The molecule has 1 aromatic rings. The standard InChI is InChI=1S/C9H13NO3/c1-9(2,7(11)8(12)13)6-4-3-5-10-6/h3-5,7,10-11H,1-2H3,(H,12,13). The topological polar surface area (TPSA) is 73.3 Å². The number of aliphatic hydroxyl groups is 1. The van der Waals surface area contributed by atoms with Gasteiger partial charge >= 0.3 is 5.97 Å². The first-order valence-corrected chi connectivity index (χ1v) is 4.01. The van der Waals surface area contributed by atoms with Gasteiger partial charge < -0.3 is 15.2 Å². The zero-order chi connectivity index (χ0) is 10.1. The third-order valence-electron chi connectivity index (χ3n) is 2.21. The Morgan fingerprint density at radius 2 is 2.23 bits per heavy atom. The van der Waals surface area contributed by atoms with E-state index < -0.39 is 17.5 Å². The average molecular weight is 183 g/mol. The minimum atomic E-state index is -1.40. The molecule has 1 unspecified atom stereocenters. The molecule has 4 nitrogen and oxygen atoms in total. The van der Waals surface area contributed by atoms with Crippen LogP contribution in [-0.4, -0.2) is 27.3 Å². The second-order valence-corrected chi connectivity index (χ2v) is 3.55. The van der Waals surface area contributed by atoms with Crippen molar-refractivity contribution in [2.24, 2.45) is 0 Å². The molecule has 0 aliphatic rings. The predicted molar refractivity (Wildman–Crippen MR) is 47.5 cm³/mol. The lowest BCUT2D eigenvalue weighted by molar-refractivity contribution is -0.150. The van der Waals surface area contributed by atoms with Gasteiger partial charge in [-0.25, -0.2) is 4.79 Å². The maximum atomic E-state index is 10.6. The SMILES string of the molecule is CC(C)(c1ccc[nH]1)C(O)C(=O)O. The van der Waals surface area contributed by atoms with E-state index in [1.165, 1.54) is 0 Å². The molecular formula is C9H13NO3. The summed E-state index contributed by atoms with van der Waals surface area (Å²) in [6.45, 7) is 3.36. The van der Waals surface area contributed by atoms with Crippen molar-refractivity contribution >= 4 is 5.97 Å². The minimum absolute atomic E-state index is 0.711. The van der Waals surface area contributed by atoms with E-state index in [4.69, 9.17) is 5.11 Å². The maximum Gasteiger partial charge on any atom is 0.333 e. The van der Waals surface area contributed by atoms with E-state index in [1.54, 1.807) is 32.2 Å². The monoisotopic (exact) mass is 183 g/mol. The first-order chi connectivity index (χ1) is 5.96. The number of H-pyrrole nitrogens is 1. The summed E-state index contributed by atoms with van der Waals surface area (Å²) in [6.07, 6.45) is 0.303. The molecule has 1 atom stereocenters. The Kier molecular flexibility index (Phi) is 2.43. The number of aromatic amines is 1. The van der Waals surface area contributed by atoms with E-state index in [-0.39, 0.29) is 0 Å². The van der Waals surface area contributed by atoms with Crippen molar-refractivity contribution < 1.29 is 15.0 Å². The van der Waals surface area contributed by atoms with Crippen LogP contribution in [0.4, 0.5) is 0 Å². The molecule has 1 rings (SSSR count). The van der Waals surface area contributed by atoms with E-state index in [0.717, 1.165) is 0 Å². The molecule has 13 heavy (non-hydrogen) atoms. The van der Waals surface area contributed by atoms with Crippen molar-refractivity contribution in [3.63, 3.8) is 0 Å². The quantitative estimate of drug-likeness (QED) is 0.647. The van der Waals surface area contributed by atoms with Crippen molar-refractivity contribution in [2.45, 2.75) is 25.4 Å². The molecule has 0 aliphatic carbocycles. The second kappa shape index (κ2) is 3.22. The van der Waals surface area contributed by atoms with E-state index >= 15 is 0 Å². The maximum absolute atomic E-state index is 10.6. The third kappa shape index (κ3) is 1.72. The summed E-state index contributed by atoms with van der Waals surface area (Å²) >= 11 is 0. The van der Waals surface area contributed by atoms with Gasteiger partial charge in [-0.05, 0) is 12.1 Å². The van der Waals surface area contributed by atoms with Gasteiger partial charge in [-0.15, -0.1) is 0 Å². The lowest BCUT2D eigenvalue weighted by Crippen LogP contribution is -2.40. The largest absolute Gasteiger partial charge is 0.479 e. The van der Waals surface area contributed by atoms with Crippen molar-refractivity contribution in [2.75, 3.05) is 0 Å². The molecule has 0 saturated carbocycles. The van der Waals surface area contributed by atoms with Crippen LogP contribution in [0, 0.1) is 0 Å². The summed E-state index contributed by atoms with van der Waals surface area (Å²) in [5, 5.41) is 18.1. The normalized spacial score (nSPS) is 14.1. The Hall–Kier alpha value is -1.29. The predicted octanol–water partition coefficient (Wildman–Crippen LogP) is 0.738. The fourth-order valence-corrected chi connectivity index (χ4v) is 1.19. The molecule has 0 aliphatic heterocycles. The van der Waals surface area contributed by atoms with Crippen LogP contribution in [0.15, 0.2) is 18.3 Å². The fraction of sp³-hybridized carbons (Fsp3) is 0.444. The van der Waals surface area contributed by atoms with Gasteiger partial charge in [-0.2, -0.15) is 0 Å².